The summed E-state index contributed by atoms with van der Waals surface area (Å²) in [5, 5.41) is 21.0. The van der Waals surface area contributed by atoms with Crippen molar-refractivity contribution in [3.63, 3.8) is 0 Å². The highest BCUT2D eigenvalue weighted by Gasteiger charge is 2.32. The Labute approximate surface area is 141 Å². The first-order valence-electron chi connectivity index (χ1n) is 7.61. The number of anilines is 1. The molecule has 0 spiro atoms. The second-order valence-electron chi connectivity index (χ2n) is 6.28. The molecule has 2 aromatic heterocycles. The number of aromatic nitrogens is 3. The zero-order valence-corrected chi connectivity index (χ0v) is 13.6. The highest BCUT2D eigenvalue weighted by atomic mass is 19.4. The number of hydrogen-bond donors (Lipinski definition) is 3. The average Bonchev–Trinajstić information content (AvgIpc) is 2.98. The molecule has 8 heteroatoms. The second kappa shape index (κ2) is 6.03. The van der Waals surface area contributed by atoms with E-state index >= 15 is 0 Å². The zero-order valence-electron chi connectivity index (χ0n) is 13.6. The maximum atomic E-state index is 12.8. The van der Waals surface area contributed by atoms with E-state index in [-0.39, 0.29) is 12.2 Å². The van der Waals surface area contributed by atoms with Crippen LogP contribution in [0.25, 0.3) is 10.9 Å². The molecule has 132 valence electrons. The number of benzene rings is 1. The fraction of sp³-hybridized carbons (Fsp3) is 0.294. The van der Waals surface area contributed by atoms with Crippen molar-refractivity contribution < 1.29 is 18.3 Å². The Morgan fingerprint density at radius 2 is 1.96 bits per heavy atom. The quantitative estimate of drug-likeness (QED) is 0.669. The van der Waals surface area contributed by atoms with E-state index in [1.807, 2.05) is 0 Å². The second-order valence-corrected chi connectivity index (χ2v) is 6.28. The molecule has 0 radical (unpaired) electrons. The summed E-state index contributed by atoms with van der Waals surface area (Å²) >= 11 is 0. The fourth-order valence-electron chi connectivity index (χ4n) is 2.57. The van der Waals surface area contributed by atoms with Gasteiger partial charge in [0.05, 0.1) is 29.6 Å². The van der Waals surface area contributed by atoms with Gasteiger partial charge < -0.3 is 10.4 Å². The molecule has 2 heterocycles. The lowest BCUT2D eigenvalue weighted by atomic mass is 9.95. The molecule has 3 aromatic rings. The zero-order chi connectivity index (χ0) is 18.2. The minimum Gasteiger partial charge on any atom is -0.386 e. The maximum absolute atomic E-state index is 12.8. The average molecular weight is 350 g/mol. The van der Waals surface area contributed by atoms with Gasteiger partial charge in [-0.05, 0) is 38.1 Å². The van der Waals surface area contributed by atoms with Crippen molar-refractivity contribution >= 4 is 16.6 Å². The number of nitrogens with one attached hydrogen (secondary N) is 2. The third-order valence-corrected chi connectivity index (χ3v) is 3.79. The molecular weight excluding hydrogens is 333 g/mol. The van der Waals surface area contributed by atoms with Gasteiger partial charge in [0.2, 0.25) is 0 Å². The van der Waals surface area contributed by atoms with Gasteiger partial charge in [0.25, 0.3) is 0 Å². The van der Waals surface area contributed by atoms with Crippen molar-refractivity contribution in [2.24, 2.45) is 0 Å². The molecule has 0 saturated heterocycles. The standard InChI is InChI=1S/C17H17F3N4O/c1-16(2,25)12-7-13-10(8-22-24-13)6-14(12)21-9-11-4-3-5-15(23-11)17(18,19)20/h3-8,21,25H,9H2,1-2H3,(H,22,24). The van der Waals surface area contributed by atoms with Crippen molar-refractivity contribution in [2.75, 3.05) is 5.32 Å². The number of aromatic amines is 1. The number of rotatable bonds is 4. The summed E-state index contributed by atoms with van der Waals surface area (Å²) in [6, 6.07) is 7.33. The molecule has 0 aliphatic carbocycles. The van der Waals surface area contributed by atoms with Gasteiger partial charge in [-0.15, -0.1) is 0 Å². The van der Waals surface area contributed by atoms with Crippen LogP contribution in [0.5, 0.6) is 0 Å². The van der Waals surface area contributed by atoms with Crippen LogP contribution in [0.1, 0.15) is 30.8 Å². The summed E-state index contributed by atoms with van der Waals surface area (Å²) in [7, 11) is 0. The third-order valence-electron chi connectivity index (χ3n) is 3.79. The molecule has 0 aliphatic heterocycles. The summed E-state index contributed by atoms with van der Waals surface area (Å²) in [5.74, 6) is 0. The van der Waals surface area contributed by atoms with Crippen LogP contribution < -0.4 is 5.32 Å². The van der Waals surface area contributed by atoms with Gasteiger partial charge in [0.1, 0.15) is 5.69 Å². The predicted octanol–water partition coefficient (Wildman–Crippen LogP) is 3.82. The number of hydrogen-bond acceptors (Lipinski definition) is 4. The van der Waals surface area contributed by atoms with Crippen LogP contribution in [0.4, 0.5) is 18.9 Å². The van der Waals surface area contributed by atoms with E-state index in [0.29, 0.717) is 11.3 Å². The predicted molar refractivity (Wildman–Crippen MR) is 87.9 cm³/mol. The molecule has 0 bridgehead atoms. The van der Waals surface area contributed by atoms with Crippen LogP contribution in [0, 0.1) is 0 Å². The van der Waals surface area contributed by atoms with Gasteiger partial charge in [-0.2, -0.15) is 18.3 Å². The highest BCUT2D eigenvalue weighted by Crippen LogP contribution is 2.32. The molecule has 0 fully saturated rings. The Bertz CT molecular complexity index is 897. The summed E-state index contributed by atoms with van der Waals surface area (Å²) in [5.41, 5.74) is 0.170. The van der Waals surface area contributed by atoms with Crippen LogP contribution in [-0.2, 0) is 18.3 Å². The lowest BCUT2D eigenvalue weighted by Crippen LogP contribution is -2.18. The summed E-state index contributed by atoms with van der Waals surface area (Å²) in [6.45, 7) is 3.37. The van der Waals surface area contributed by atoms with E-state index in [1.54, 1.807) is 32.2 Å². The largest absolute Gasteiger partial charge is 0.433 e. The van der Waals surface area contributed by atoms with E-state index < -0.39 is 17.5 Å². The van der Waals surface area contributed by atoms with Crippen molar-refractivity contribution in [1.29, 1.82) is 0 Å². The van der Waals surface area contributed by atoms with Crippen molar-refractivity contribution in [2.45, 2.75) is 32.2 Å². The molecule has 25 heavy (non-hydrogen) atoms. The fourth-order valence-corrected chi connectivity index (χ4v) is 2.57. The third kappa shape index (κ3) is 3.74. The molecule has 0 saturated carbocycles. The molecule has 5 nitrogen and oxygen atoms in total. The van der Waals surface area contributed by atoms with Gasteiger partial charge >= 0.3 is 6.18 Å². The first-order valence-corrected chi connectivity index (χ1v) is 7.61. The van der Waals surface area contributed by atoms with E-state index in [0.717, 1.165) is 17.0 Å². The van der Waals surface area contributed by atoms with Crippen LogP contribution in [0.3, 0.4) is 0 Å². The van der Waals surface area contributed by atoms with Crippen LogP contribution in [0.2, 0.25) is 0 Å². The Morgan fingerprint density at radius 3 is 2.64 bits per heavy atom. The number of fused-ring (bicyclic) bond motifs is 1. The summed E-state index contributed by atoms with van der Waals surface area (Å²) in [4.78, 5) is 3.63. The maximum Gasteiger partial charge on any atom is 0.433 e. The van der Waals surface area contributed by atoms with Crippen LogP contribution in [0.15, 0.2) is 36.5 Å². The molecule has 3 rings (SSSR count). The van der Waals surface area contributed by atoms with E-state index in [4.69, 9.17) is 0 Å². The van der Waals surface area contributed by atoms with Gasteiger partial charge in [0, 0.05) is 16.6 Å². The first-order chi connectivity index (χ1) is 11.6. The number of halogens is 3. The lowest BCUT2D eigenvalue weighted by molar-refractivity contribution is -0.141. The minimum absolute atomic E-state index is 0.0936. The number of nitrogens with zero attached hydrogens (tertiary/aromatic N) is 2. The van der Waals surface area contributed by atoms with Crippen molar-refractivity contribution in [3.8, 4) is 0 Å². The van der Waals surface area contributed by atoms with Crippen molar-refractivity contribution in [1.82, 2.24) is 15.2 Å². The Kier molecular flexibility index (Phi) is 4.16. The molecule has 0 amide bonds. The topological polar surface area (TPSA) is 73.8 Å². The Balaban J connectivity index is 1.90. The van der Waals surface area contributed by atoms with E-state index in [1.165, 1.54) is 12.1 Å². The van der Waals surface area contributed by atoms with Crippen LogP contribution >= 0.6 is 0 Å². The molecule has 1 aromatic carbocycles. The van der Waals surface area contributed by atoms with Crippen LogP contribution in [-0.4, -0.2) is 20.3 Å². The number of aliphatic hydroxyl groups is 1. The number of pyridine rings is 1. The van der Waals surface area contributed by atoms with E-state index in [9.17, 15) is 18.3 Å². The molecule has 3 N–H and O–H groups in total. The monoisotopic (exact) mass is 350 g/mol. The smallest absolute Gasteiger partial charge is 0.386 e. The normalized spacial score (nSPS) is 12.6. The minimum atomic E-state index is -4.48. The Morgan fingerprint density at radius 1 is 1.20 bits per heavy atom. The van der Waals surface area contributed by atoms with Gasteiger partial charge in [-0.3, -0.25) is 5.10 Å². The molecule has 0 aliphatic rings. The Hall–Kier alpha value is -2.61. The van der Waals surface area contributed by atoms with Gasteiger partial charge in [0.15, 0.2) is 0 Å². The SMILES string of the molecule is CC(C)(O)c1cc2[nH]ncc2cc1NCc1cccc(C(F)(F)F)n1. The van der Waals surface area contributed by atoms with Gasteiger partial charge in [-0.1, -0.05) is 6.07 Å². The molecule has 0 atom stereocenters. The lowest BCUT2D eigenvalue weighted by Gasteiger charge is -2.22. The van der Waals surface area contributed by atoms with E-state index in [2.05, 4.69) is 20.5 Å². The molecular formula is C17H17F3N4O. The summed E-state index contributed by atoms with van der Waals surface area (Å²) < 4.78 is 38.3. The first kappa shape index (κ1) is 17.2. The highest BCUT2D eigenvalue weighted by molar-refractivity contribution is 5.84. The summed E-state index contributed by atoms with van der Waals surface area (Å²) in [6.07, 6.45) is -2.85. The molecule has 0 unspecified atom stereocenters. The van der Waals surface area contributed by atoms with Crippen molar-refractivity contribution in [3.05, 3.63) is 53.5 Å². The number of alkyl halides is 3. The van der Waals surface area contributed by atoms with Gasteiger partial charge in [-0.25, -0.2) is 4.98 Å². The number of H-pyrrole nitrogens is 1.